The summed E-state index contributed by atoms with van der Waals surface area (Å²) in [5, 5.41) is 3.58. The van der Waals surface area contributed by atoms with E-state index >= 15 is 0 Å². The van der Waals surface area contributed by atoms with Gasteiger partial charge in [0.15, 0.2) is 39.6 Å². The number of hydrogen-bond donors (Lipinski definition) is 1. The summed E-state index contributed by atoms with van der Waals surface area (Å²) < 4.78 is 33.9. The smallest absolute Gasteiger partial charge is 0.187 e. The maximum Gasteiger partial charge on any atom is 0.187 e. The lowest BCUT2D eigenvalue weighted by Crippen LogP contribution is -2.67. The highest BCUT2D eigenvalue weighted by molar-refractivity contribution is 6.71. The SMILES string of the molecule is Cc1ccc(NCC2OC(O[Si](C)(C)C)C(O[Si](C)(C)C)C(O[Si](C)(C)C)C2O[Si](C)(C)C)cc1. The Bertz CT molecular complexity index is 797. The maximum absolute atomic E-state index is 6.90. The van der Waals surface area contributed by atoms with Crippen LogP contribution in [0.5, 0.6) is 0 Å². The van der Waals surface area contributed by atoms with E-state index in [1.165, 1.54) is 5.56 Å². The van der Waals surface area contributed by atoms with Crippen molar-refractivity contribution in [3.63, 3.8) is 0 Å². The lowest BCUT2D eigenvalue weighted by atomic mass is 9.99. The van der Waals surface area contributed by atoms with Crippen molar-refractivity contribution in [3.8, 4) is 0 Å². The van der Waals surface area contributed by atoms with Crippen LogP contribution in [0.1, 0.15) is 5.56 Å². The second-order valence-electron chi connectivity index (χ2n) is 13.6. The zero-order valence-electron chi connectivity index (χ0n) is 24.4. The Labute approximate surface area is 218 Å². The molecule has 0 spiro atoms. The van der Waals surface area contributed by atoms with Gasteiger partial charge in [-0.2, -0.15) is 0 Å². The van der Waals surface area contributed by atoms with Crippen LogP contribution in [-0.2, 0) is 22.4 Å². The van der Waals surface area contributed by atoms with Gasteiger partial charge in [-0.1, -0.05) is 17.7 Å². The van der Waals surface area contributed by atoms with Crippen LogP contribution in [0.2, 0.25) is 78.6 Å². The average Bonchev–Trinajstić information content (AvgIpc) is 2.62. The normalized spacial score (nSPS) is 26.6. The van der Waals surface area contributed by atoms with Crippen LogP contribution in [0, 0.1) is 6.92 Å². The fourth-order valence-corrected chi connectivity index (χ4v) is 8.14. The molecule has 1 aliphatic rings. The molecule has 0 aliphatic carbocycles. The van der Waals surface area contributed by atoms with Crippen molar-refractivity contribution in [2.24, 2.45) is 0 Å². The Morgan fingerprint density at radius 3 is 1.51 bits per heavy atom. The van der Waals surface area contributed by atoms with E-state index in [2.05, 4.69) is 115 Å². The summed E-state index contributed by atoms with van der Waals surface area (Å²) in [5.41, 5.74) is 2.31. The number of benzene rings is 1. The Morgan fingerprint density at radius 2 is 1.06 bits per heavy atom. The number of ether oxygens (including phenoxy) is 1. The lowest BCUT2D eigenvalue weighted by molar-refractivity contribution is -0.260. The number of hydrogen-bond acceptors (Lipinski definition) is 6. The van der Waals surface area contributed by atoms with Crippen LogP contribution < -0.4 is 5.32 Å². The summed E-state index contributed by atoms with van der Waals surface area (Å²) in [6.07, 6.45) is -1.53. The first kappa shape index (κ1) is 30.9. The van der Waals surface area contributed by atoms with Gasteiger partial charge < -0.3 is 27.8 Å². The predicted molar refractivity (Wildman–Crippen MR) is 157 cm³/mol. The summed E-state index contributed by atoms with van der Waals surface area (Å²) in [6.45, 7) is 29.3. The first-order valence-corrected chi connectivity index (χ1v) is 26.5. The molecular weight excluding hydrogens is 507 g/mol. The minimum absolute atomic E-state index is 0.229. The lowest BCUT2D eigenvalue weighted by Gasteiger charge is -2.51. The highest BCUT2D eigenvalue weighted by Crippen LogP contribution is 2.35. The van der Waals surface area contributed by atoms with Gasteiger partial charge in [0.2, 0.25) is 0 Å². The molecule has 0 saturated carbocycles. The van der Waals surface area contributed by atoms with Gasteiger partial charge in [0.05, 0.1) is 0 Å². The average molecular weight is 558 g/mol. The standard InChI is InChI=1S/C25H51NO5Si4/c1-19-14-16-20(17-15-19)26-18-21-22(28-32(2,3)4)23(29-33(5,6)7)24(30-34(8,9)10)25(27-21)31-35(11,12)13/h14-17,21-26H,18H2,1-13H3. The van der Waals surface area contributed by atoms with Gasteiger partial charge in [-0.15, -0.1) is 0 Å². The molecule has 0 amide bonds. The van der Waals surface area contributed by atoms with Crippen LogP contribution in [0.4, 0.5) is 5.69 Å². The van der Waals surface area contributed by atoms with Crippen LogP contribution in [0.15, 0.2) is 24.3 Å². The molecular formula is C25H51NO5Si4. The fraction of sp³-hybridized carbons (Fsp3) is 0.760. The van der Waals surface area contributed by atoms with Crippen LogP contribution >= 0.6 is 0 Å². The zero-order valence-corrected chi connectivity index (χ0v) is 28.4. The third kappa shape index (κ3) is 11.3. The molecule has 1 N–H and O–H groups in total. The van der Waals surface area contributed by atoms with E-state index in [1.807, 2.05) is 0 Å². The van der Waals surface area contributed by atoms with E-state index < -0.39 is 39.6 Å². The molecule has 0 aromatic heterocycles. The van der Waals surface area contributed by atoms with Gasteiger partial charge in [0.25, 0.3) is 0 Å². The Hall–Kier alpha value is -0.312. The maximum atomic E-state index is 6.90. The van der Waals surface area contributed by atoms with Crippen molar-refractivity contribution in [1.82, 2.24) is 0 Å². The first-order valence-electron chi connectivity index (χ1n) is 12.9. The van der Waals surface area contributed by atoms with Crippen LogP contribution in [-0.4, -0.2) is 70.5 Å². The van der Waals surface area contributed by atoms with Crippen LogP contribution in [0.25, 0.3) is 0 Å². The summed E-state index contributed by atoms with van der Waals surface area (Å²) >= 11 is 0. The molecule has 0 bridgehead atoms. The molecule has 1 saturated heterocycles. The van der Waals surface area contributed by atoms with Gasteiger partial charge in [0.1, 0.15) is 24.4 Å². The van der Waals surface area contributed by atoms with Gasteiger partial charge in [0, 0.05) is 12.2 Å². The number of aryl methyl sites for hydroxylation is 1. The minimum atomic E-state index is -1.94. The highest BCUT2D eigenvalue weighted by atomic mass is 28.4. The van der Waals surface area contributed by atoms with Gasteiger partial charge in [-0.3, -0.25) is 0 Å². The van der Waals surface area contributed by atoms with E-state index in [4.69, 9.17) is 22.4 Å². The van der Waals surface area contributed by atoms with Crippen molar-refractivity contribution < 1.29 is 22.4 Å². The molecule has 5 atom stereocenters. The molecule has 1 fully saturated rings. The largest absolute Gasteiger partial charge is 0.409 e. The first-order chi connectivity index (χ1) is 15.7. The Morgan fingerprint density at radius 1 is 0.629 bits per heavy atom. The zero-order chi connectivity index (χ0) is 26.8. The number of anilines is 1. The van der Waals surface area contributed by atoms with Crippen molar-refractivity contribution in [2.75, 3.05) is 11.9 Å². The monoisotopic (exact) mass is 557 g/mol. The predicted octanol–water partition coefficient (Wildman–Crippen LogP) is 6.64. The molecule has 202 valence electrons. The Balaban J connectivity index is 2.49. The molecule has 1 aliphatic heterocycles. The summed E-state index contributed by atoms with van der Waals surface area (Å²) in [6, 6.07) is 8.45. The van der Waals surface area contributed by atoms with Gasteiger partial charge in [-0.05, 0) is 97.6 Å². The van der Waals surface area contributed by atoms with Crippen LogP contribution in [0.3, 0.4) is 0 Å². The molecule has 35 heavy (non-hydrogen) atoms. The minimum Gasteiger partial charge on any atom is -0.409 e. The molecule has 2 rings (SSSR count). The molecule has 1 aromatic rings. The summed E-state index contributed by atoms with van der Waals surface area (Å²) in [4.78, 5) is 0. The second-order valence-corrected chi connectivity index (χ2v) is 31.4. The topological polar surface area (TPSA) is 58.2 Å². The van der Waals surface area contributed by atoms with Crippen molar-refractivity contribution in [1.29, 1.82) is 0 Å². The number of rotatable bonds is 11. The van der Waals surface area contributed by atoms with Gasteiger partial charge in [-0.25, -0.2) is 0 Å². The summed E-state index contributed by atoms with van der Waals surface area (Å²) in [7, 11) is -7.73. The van der Waals surface area contributed by atoms with Gasteiger partial charge >= 0.3 is 0 Å². The van der Waals surface area contributed by atoms with E-state index in [0.29, 0.717) is 6.54 Å². The van der Waals surface area contributed by atoms with Crippen molar-refractivity contribution in [2.45, 2.75) is 116 Å². The third-order valence-corrected chi connectivity index (χ3v) is 8.97. The van der Waals surface area contributed by atoms with E-state index in [9.17, 15) is 0 Å². The Kier molecular flexibility index (Phi) is 10.3. The van der Waals surface area contributed by atoms with E-state index in [0.717, 1.165) is 5.69 Å². The van der Waals surface area contributed by atoms with E-state index in [1.54, 1.807) is 0 Å². The van der Waals surface area contributed by atoms with E-state index in [-0.39, 0.29) is 24.4 Å². The molecule has 1 heterocycles. The number of nitrogens with one attached hydrogen (secondary N) is 1. The van der Waals surface area contributed by atoms with Crippen molar-refractivity contribution in [3.05, 3.63) is 29.8 Å². The molecule has 0 radical (unpaired) electrons. The highest BCUT2D eigenvalue weighted by Gasteiger charge is 2.52. The molecule has 5 unspecified atom stereocenters. The second kappa shape index (κ2) is 11.6. The fourth-order valence-electron chi connectivity index (χ4n) is 4.00. The molecule has 6 nitrogen and oxygen atoms in total. The van der Waals surface area contributed by atoms with Crippen molar-refractivity contribution >= 4 is 39.0 Å². The quantitative estimate of drug-likeness (QED) is 0.308. The molecule has 1 aromatic carbocycles. The molecule has 10 heteroatoms. The summed E-state index contributed by atoms with van der Waals surface area (Å²) in [5.74, 6) is 0. The third-order valence-electron chi connectivity index (χ3n) is 5.09.